The molecule has 3 aromatic heterocycles. The molecule has 29 heavy (non-hydrogen) atoms. The fraction of sp³-hybridized carbons (Fsp3) is 0.474. The smallest absolute Gasteiger partial charge is 0.351 e. The Balaban J connectivity index is 1.47. The van der Waals surface area contributed by atoms with Gasteiger partial charge in [-0.25, -0.2) is 9.50 Å². The van der Waals surface area contributed by atoms with E-state index < -0.39 is 17.8 Å². The van der Waals surface area contributed by atoms with E-state index in [9.17, 15) is 18.0 Å². The SMILES string of the molecule is Cc1cc(C)n(CCCNC(=O)c2cc3nc(C4CC4)cc(C(F)(F)F)n3n2)n1. The van der Waals surface area contributed by atoms with Crippen molar-refractivity contribution in [2.24, 2.45) is 0 Å². The van der Waals surface area contributed by atoms with Gasteiger partial charge < -0.3 is 5.32 Å². The minimum Gasteiger partial charge on any atom is -0.351 e. The Hall–Kier alpha value is -2.91. The van der Waals surface area contributed by atoms with E-state index in [0.717, 1.165) is 30.3 Å². The van der Waals surface area contributed by atoms with Crippen molar-refractivity contribution in [2.75, 3.05) is 6.54 Å². The topological polar surface area (TPSA) is 77.1 Å². The molecule has 1 aliphatic rings. The van der Waals surface area contributed by atoms with Gasteiger partial charge >= 0.3 is 6.18 Å². The maximum Gasteiger partial charge on any atom is 0.433 e. The summed E-state index contributed by atoms with van der Waals surface area (Å²) in [7, 11) is 0. The number of aryl methyl sites for hydroxylation is 3. The minimum atomic E-state index is -4.58. The lowest BCUT2D eigenvalue weighted by Crippen LogP contribution is -2.26. The third-order valence-corrected chi connectivity index (χ3v) is 4.90. The lowest BCUT2D eigenvalue weighted by atomic mass is 10.2. The molecule has 0 atom stereocenters. The predicted molar refractivity (Wildman–Crippen MR) is 98.6 cm³/mol. The number of hydrogen-bond acceptors (Lipinski definition) is 4. The van der Waals surface area contributed by atoms with E-state index in [-0.39, 0.29) is 17.3 Å². The van der Waals surface area contributed by atoms with Gasteiger partial charge in [-0.1, -0.05) is 0 Å². The number of nitrogens with zero attached hydrogens (tertiary/aromatic N) is 5. The summed E-state index contributed by atoms with van der Waals surface area (Å²) in [5.41, 5.74) is 1.41. The summed E-state index contributed by atoms with van der Waals surface area (Å²) in [6.45, 7) is 4.86. The second-order valence-corrected chi connectivity index (χ2v) is 7.40. The maximum absolute atomic E-state index is 13.4. The van der Waals surface area contributed by atoms with Gasteiger partial charge in [0.05, 0.1) is 5.69 Å². The van der Waals surface area contributed by atoms with E-state index in [1.807, 2.05) is 24.6 Å². The van der Waals surface area contributed by atoms with Crippen molar-refractivity contribution in [3.8, 4) is 0 Å². The highest BCUT2D eigenvalue weighted by Gasteiger charge is 2.37. The van der Waals surface area contributed by atoms with E-state index in [2.05, 4.69) is 20.5 Å². The standard InChI is InChI=1S/C19H21F3N6O/c1-11-8-12(2)27(25-11)7-3-6-23-18(29)15-10-17-24-14(13-4-5-13)9-16(19(20,21)22)28(17)26-15/h8-10,13H,3-7H2,1-2H3,(H,23,29). The molecule has 0 spiro atoms. The minimum absolute atomic E-state index is 0.0366. The van der Waals surface area contributed by atoms with Crippen molar-refractivity contribution in [3.05, 3.63) is 46.7 Å². The molecule has 0 saturated heterocycles. The summed E-state index contributed by atoms with van der Waals surface area (Å²) in [6.07, 6.45) is -2.28. The van der Waals surface area contributed by atoms with E-state index in [1.54, 1.807) is 0 Å². The third kappa shape index (κ3) is 4.10. The summed E-state index contributed by atoms with van der Waals surface area (Å²) >= 11 is 0. The van der Waals surface area contributed by atoms with Gasteiger partial charge in [0.25, 0.3) is 5.91 Å². The van der Waals surface area contributed by atoms with Crippen LogP contribution in [0.15, 0.2) is 18.2 Å². The summed E-state index contributed by atoms with van der Waals surface area (Å²) < 4.78 is 42.9. The Labute approximate surface area is 164 Å². The van der Waals surface area contributed by atoms with Gasteiger partial charge in [0, 0.05) is 36.5 Å². The zero-order valence-electron chi connectivity index (χ0n) is 16.1. The number of nitrogens with one attached hydrogen (secondary N) is 1. The summed E-state index contributed by atoms with van der Waals surface area (Å²) in [4.78, 5) is 16.6. The first-order chi connectivity index (χ1) is 13.7. The molecule has 0 aromatic carbocycles. The Morgan fingerprint density at radius 2 is 1.97 bits per heavy atom. The van der Waals surface area contributed by atoms with Crippen LogP contribution in [0, 0.1) is 13.8 Å². The number of carbonyl (C=O) groups is 1. The second kappa shape index (κ2) is 7.16. The number of fused-ring (bicyclic) bond motifs is 1. The average Bonchev–Trinajstić information content (AvgIpc) is 3.32. The first-order valence-electron chi connectivity index (χ1n) is 9.49. The summed E-state index contributed by atoms with van der Waals surface area (Å²) in [5.74, 6) is -0.465. The van der Waals surface area contributed by atoms with E-state index in [4.69, 9.17) is 0 Å². The Morgan fingerprint density at radius 1 is 1.21 bits per heavy atom. The van der Waals surface area contributed by atoms with Crippen LogP contribution in [0.2, 0.25) is 0 Å². The van der Waals surface area contributed by atoms with Crippen LogP contribution >= 0.6 is 0 Å². The monoisotopic (exact) mass is 406 g/mol. The molecule has 1 aliphatic carbocycles. The average molecular weight is 406 g/mol. The van der Waals surface area contributed by atoms with Crippen LogP contribution in [-0.4, -0.2) is 36.8 Å². The molecule has 1 saturated carbocycles. The molecular weight excluding hydrogens is 385 g/mol. The van der Waals surface area contributed by atoms with Crippen molar-refractivity contribution in [1.82, 2.24) is 29.7 Å². The number of halogens is 3. The van der Waals surface area contributed by atoms with Gasteiger partial charge in [0.2, 0.25) is 0 Å². The maximum atomic E-state index is 13.4. The van der Waals surface area contributed by atoms with Crippen LogP contribution in [0.4, 0.5) is 13.2 Å². The van der Waals surface area contributed by atoms with Crippen LogP contribution < -0.4 is 5.32 Å². The van der Waals surface area contributed by atoms with Gasteiger partial charge in [-0.2, -0.15) is 23.4 Å². The molecule has 154 valence electrons. The highest BCUT2D eigenvalue weighted by Crippen LogP contribution is 2.41. The predicted octanol–water partition coefficient (Wildman–Crippen LogP) is 3.26. The Kier molecular flexibility index (Phi) is 4.79. The van der Waals surface area contributed by atoms with Crippen molar-refractivity contribution >= 4 is 11.6 Å². The van der Waals surface area contributed by atoms with Crippen molar-refractivity contribution in [3.63, 3.8) is 0 Å². The number of aromatic nitrogens is 5. The van der Waals surface area contributed by atoms with E-state index >= 15 is 0 Å². The van der Waals surface area contributed by atoms with Crippen LogP contribution in [0.25, 0.3) is 5.65 Å². The van der Waals surface area contributed by atoms with Crippen LogP contribution in [-0.2, 0) is 12.7 Å². The molecule has 10 heteroatoms. The molecule has 0 bridgehead atoms. The molecule has 7 nitrogen and oxygen atoms in total. The molecule has 4 rings (SSSR count). The quantitative estimate of drug-likeness (QED) is 0.638. The molecular formula is C19H21F3N6O. The normalized spacial score (nSPS) is 14.5. The first kappa shape index (κ1) is 19.4. The van der Waals surface area contributed by atoms with Crippen LogP contribution in [0.5, 0.6) is 0 Å². The fourth-order valence-electron chi connectivity index (χ4n) is 3.32. The third-order valence-electron chi connectivity index (χ3n) is 4.90. The van der Waals surface area contributed by atoms with Gasteiger partial charge in [-0.15, -0.1) is 0 Å². The summed E-state index contributed by atoms with van der Waals surface area (Å²) in [6, 6.07) is 4.31. The largest absolute Gasteiger partial charge is 0.433 e. The van der Waals surface area contributed by atoms with Gasteiger partial charge in [0.1, 0.15) is 5.69 Å². The first-order valence-corrected chi connectivity index (χ1v) is 9.49. The highest BCUT2D eigenvalue weighted by molar-refractivity contribution is 5.93. The number of rotatable bonds is 6. The number of hydrogen-bond donors (Lipinski definition) is 1. The molecule has 0 radical (unpaired) electrons. The van der Waals surface area contributed by atoms with Gasteiger partial charge in [0.15, 0.2) is 11.3 Å². The lowest BCUT2D eigenvalue weighted by molar-refractivity contribution is -0.142. The number of carbonyl (C=O) groups excluding carboxylic acids is 1. The lowest BCUT2D eigenvalue weighted by Gasteiger charge is -2.10. The highest BCUT2D eigenvalue weighted by atomic mass is 19.4. The van der Waals surface area contributed by atoms with E-state index in [1.165, 1.54) is 6.07 Å². The zero-order valence-corrected chi connectivity index (χ0v) is 16.1. The van der Waals surface area contributed by atoms with Gasteiger partial charge in [-0.3, -0.25) is 9.48 Å². The van der Waals surface area contributed by atoms with Crippen molar-refractivity contribution < 1.29 is 18.0 Å². The Morgan fingerprint density at radius 3 is 2.59 bits per heavy atom. The molecule has 3 heterocycles. The van der Waals surface area contributed by atoms with Gasteiger partial charge in [-0.05, 0) is 45.2 Å². The molecule has 0 unspecified atom stereocenters. The fourth-order valence-corrected chi connectivity index (χ4v) is 3.32. The Bertz CT molecular complexity index is 1060. The van der Waals surface area contributed by atoms with Crippen LogP contribution in [0.3, 0.4) is 0 Å². The van der Waals surface area contributed by atoms with Crippen molar-refractivity contribution in [2.45, 2.75) is 51.7 Å². The number of alkyl halides is 3. The van der Waals surface area contributed by atoms with E-state index in [0.29, 0.717) is 29.7 Å². The molecule has 1 fully saturated rings. The molecule has 1 N–H and O–H groups in total. The zero-order chi connectivity index (χ0) is 20.8. The van der Waals surface area contributed by atoms with Crippen LogP contribution in [0.1, 0.15) is 58.4 Å². The summed E-state index contributed by atoms with van der Waals surface area (Å²) in [5, 5.41) is 10.9. The number of amides is 1. The molecule has 1 amide bonds. The molecule has 0 aliphatic heterocycles. The molecule has 3 aromatic rings. The second-order valence-electron chi connectivity index (χ2n) is 7.40. The van der Waals surface area contributed by atoms with Crippen molar-refractivity contribution in [1.29, 1.82) is 0 Å².